The monoisotopic (exact) mass is 356 g/mol. The molecule has 3 aromatic heterocycles. The first-order valence-electron chi connectivity index (χ1n) is 7.54. The average molecular weight is 357 g/mol. The van der Waals surface area contributed by atoms with Gasteiger partial charge in [-0.05, 0) is 25.5 Å². The summed E-state index contributed by atoms with van der Waals surface area (Å²) in [4.78, 5) is 24.7. The summed E-state index contributed by atoms with van der Waals surface area (Å²) in [5.74, 6) is 1.63. The molecule has 1 aromatic carbocycles. The Morgan fingerprint density at radius 2 is 2.04 bits per heavy atom. The minimum Gasteiger partial charge on any atom is -0.338 e. The molecule has 126 valence electrons. The van der Waals surface area contributed by atoms with Crippen molar-refractivity contribution in [1.82, 2.24) is 29.7 Å². The van der Waals surface area contributed by atoms with E-state index in [1.807, 2.05) is 19.1 Å². The van der Waals surface area contributed by atoms with Crippen molar-refractivity contribution in [3.63, 3.8) is 0 Å². The fraction of sp³-hybridized carbons (Fsp3) is 0.188. The van der Waals surface area contributed by atoms with E-state index in [0.717, 1.165) is 11.1 Å². The van der Waals surface area contributed by atoms with Crippen LogP contribution in [0.5, 0.6) is 0 Å². The van der Waals surface area contributed by atoms with E-state index in [9.17, 15) is 4.79 Å². The van der Waals surface area contributed by atoms with E-state index in [4.69, 9.17) is 16.1 Å². The molecule has 25 heavy (non-hydrogen) atoms. The van der Waals surface area contributed by atoms with Gasteiger partial charge in [0.25, 0.3) is 11.3 Å². The Morgan fingerprint density at radius 1 is 1.20 bits per heavy atom. The molecule has 0 radical (unpaired) electrons. The molecule has 0 spiro atoms. The van der Waals surface area contributed by atoms with Crippen molar-refractivity contribution in [3.8, 4) is 11.4 Å². The molecule has 0 aliphatic heterocycles. The van der Waals surface area contributed by atoms with Gasteiger partial charge in [0.2, 0.25) is 11.7 Å². The molecule has 0 fully saturated rings. The third-order valence-corrected chi connectivity index (χ3v) is 4.13. The second-order valence-electron chi connectivity index (χ2n) is 5.69. The number of H-pyrrole nitrogens is 1. The van der Waals surface area contributed by atoms with Gasteiger partial charge in [0.05, 0.1) is 6.42 Å². The number of benzene rings is 1. The largest absolute Gasteiger partial charge is 0.338 e. The van der Waals surface area contributed by atoms with Crippen LogP contribution < -0.4 is 5.56 Å². The first kappa shape index (κ1) is 15.5. The van der Waals surface area contributed by atoms with E-state index in [2.05, 4.69) is 25.2 Å². The Balaban J connectivity index is 1.64. The number of aryl methyl sites for hydroxylation is 2. The Hall–Kier alpha value is -3.00. The van der Waals surface area contributed by atoms with Crippen LogP contribution in [0.15, 0.2) is 33.6 Å². The first-order chi connectivity index (χ1) is 12.0. The number of nitrogens with zero attached hydrogens (tertiary/aromatic N) is 5. The summed E-state index contributed by atoms with van der Waals surface area (Å²) in [6.45, 7) is 3.67. The standard InChI is InChI=1S/C16H13ClN6O2/c1-8-3-4-10(6-11(8)17)15-20-13(25-22-15)7-12-19-16-18-9(2)5-14(24)23(16)21-12/h3-6H,7H2,1-2H3,(H,18,19,21). The first-order valence-corrected chi connectivity index (χ1v) is 7.92. The molecule has 4 aromatic rings. The number of fused-ring (bicyclic) bond motifs is 1. The second kappa shape index (κ2) is 5.82. The third-order valence-electron chi connectivity index (χ3n) is 3.72. The van der Waals surface area contributed by atoms with Gasteiger partial charge >= 0.3 is 0 Å². The smallest absolute Gasteiger partial charge is 0.274 e. The van der Waals surface area contributed by atoms with E-state index < -0.39 is 0 Å². The lowest BCUT2D eigenvalue weighted by Gasteiger charge is -1.98. The fourth-order valence-corrected chi connectivity index (χ4v) is 2.62. The average Bonchev–Trinajstić information content (AvgIpc) is 3.17. The number of rotatable bonds is 3. The number of aromatic amines is 1. The summed E-state index contributed by atoms with van der Waals surface area (Å²) in [6, 6.07) is 7.00. The zero-order valence-electron chi connectivity index (χ0n) is 13.4. The molecule has 3 heterocycles. The Morgan fingerprint density at radius 3 is 2.84 bits per heavy atom. The molecule has 0 aliphatic carbocycles. The quantitative estimate of drug-likeness (QED) is 0.604. The van der Waals surface area contributed by atoms with Crippen molar-refractivity contribution < 1.29 is 4.52 Å². The molecular formula is C16H13ClN6O2. The third kappa shape index (κ3) is 2.91. The normalized spacial score (nSPS) is 11.3. The van der Waals surface area contributed by atoms with Gasteiger partial charge < -0.3 is 4.52 Å². The van der Waals surface area contributed by atoms with Gasteiger partial charge in [0.1, 0.15) is 5.82 Å². The van der Waals surface area contributed by atoms with E-state index in [1.54, 1.807) is 13.0 Å². The molecule has 9 heteroatoms. The SMILES string of the molecule is Cc1cc(=O)n2[nH]c(Cc3nc(-c4ccc(C)c(Cl)c4)no3)nc2n1. The van der Waals surface area contributed by atoms with E-state index >= 15 is 0 Å². The summed E-state index contributed by atoms with van der Waals surface area (Å²) < 4.78 is 6.55. The van der Waals surface area contributed by atoms with Gasteiger partial charge in [-0.3, -0.25) is 9.89 Å². The van der Waals surface area contributed by atoms with Gasteiger partial charge in [-0.1, -0.05) is 28.9 Å². The highest BCUT2D eigenvalue weighted by Gasteiger charge is 2.13. The molecule has 0 aliphatic rings. The Bertz CT molecular complexity index is 1140. The molecule has 0 unspecified atom stereocenters. The fourth-order valence-electron chi connectivity index (χ4n) is 2.43. The molecule has 0 saturated carbocycles. The maximum absolute atomic E-state index is 11.9. The van der Waals surface area contributed by atoms with Gasteiger partial charge in [-0.15, -0.1) is 0 Å². The molecular weight excluding hydrogens is 344 g/mol. The van der Waals surface area contributed by atoms with Crippen molar-refractivity contribution in [2.45, 2.75) is 20.3 Å². The minimum atomic E-state index is -0.221. The van der Waals surface area contributed by atoms with Crippen molar-refractivity contribution in [3.05, 3.63) is 62.6 Å². The molecule has 4 rings (SSSR count). The number of hydrogen-bond donors (Lipinski definition) is 1. The lowest BCUT2D eigenvalue weighted by molar-refractivity contribution is 0.384. The predicted molar refractivity (Wildman–Crippen MR) is 90.6 cm³/mol. The predicted octanol–water partition coefficient (Wildman–Crippen LogP) is 2.33. The molecule has 0 amide bonds. The summed E-state index contributed by atoms with van der Waals surface area (Å²) in [6.07, 6.45) is 0.258. The lowest BCUT2D eigenvalue weighted by atomic mass is 10.1. The maximum atomic E-state index is 11.9. The summed E-state index contributed by atoms with van der Waals surface area (Å²) in [7, 11) is 0. The highest BCUT2D eigenvalue weighted by Crippen LogP contribution is 2.23. The van der Waals surface area contributed by atoms with Crippen LogP contribution in [0.2, 0.25) is 5.02 Å². The van der Waals surface area contributed by atoms with Gasteiger partial charge in [-0.25, -0.2) is 4.98 Å². The maximum Gasteiger partial charge on any atom is 0.274 e. The summed E-state index contributed by atoms with van der Waals surface area (Å²) >= 11 is 6.13. The van der Waals surface area contributed by atoms with Crippen molar-refractivity contribution in [2.75, 3.05) is 0 Å². The lowest BCUT2D eigenvalue weighted by Crippen LogP contribution is -2.14. The molecule has 1 N–H and O–H groups in total. The van der Waals surface area contributed by atoms with Gasteiger partial charge in [-0.2, -0.15) is 14.5 Å². The van der Waals surface area contributed by atoms with Crippen LogP contribution in [-0.2, 0) is 6.42 Å². The minimum absolute atomic E-state index is 0.221. The zero-order chi connectivity index (χ0) is 17.6. The molecule has 0 saturated heterocycles. The number of aromatic nitrogens is 6. The topological polar surface area (TPSA) is 102 Å². The van der Waals surface area contributed by atoms with Crippen LogP contribution in [0.3, 0.4) is 0 Å². The van der Waals surface area contributed by atoms with Crippen molar-refractivity contribution in [1.29, 1.82) is 0 Å². The Kier molecular flexibility index (Phi) is 3.61. The number of halogens is 1. The van der Waals surface area contributed by atoms with Crippen molar-refractivity contribution >= 4 is 17.4 Å². The van der Waals surface area contributed by atoms with E-state index in [-0.39, 0.29) is 12.0 Å². The van der Waals surface area contributed by atoms with Crippen LogP contribution in [0.1, 0.15) is 23.0 Å². The highest BCUT2D eigenvalue weighted by atomic mass is 35.5. The van der Waals surface area contributed by atoms with E-state index in [1.165, 1.54) is 10.6 Å². The van der Waals surface area contributed by atoms with Crippen LogP contribution in [0, 0.1) is 13.8 Å². The number of nitrogens with one attached hydrogen (secondary N) is 1. The zero-order valence-corrected chi connectivity index (χ0v) is 14.2. The molecule has 0 atom stereocenters. The molecule has 8 nitrogen and oxygen atoms in total. The number of hydrogen-bond acceptors (Lipinski definition) is 6. The van der Waals surface area contributed by atoms with Crippen LogP contribution in [-0.4, -0.2) is 29.7 Å². The van der Waals surface area contributed by atoms with Crippen molar-refractivity contribution in [2.24, 2.45) is 0 Å². The van der Waals surface area contributed by atoms with Gasteiger partial charge in [0.15, 0.2) is 0 Å². The highest BCUT2D eigenvalue weighted by molar-refractivity contribution is 6.31. The van der Waals surface area contributed by atoms with Gasteiger partial charge in [0, 0.05) is 22.3 Å². The summed E-state index contributed by atoms with van der Waals surface area (Å²) in [5.41, 5.74) is 2.13. The van der Waals surface area contributed by atoms with Crippen LogP contribution in [0.25, 0.3) is 17.2 Å². The summed E-state index contributed by atoms with van der Waals surface area (Å²) in [5, 5.41) is 7.50. The van der Waals surface area contributed by atoms with Crippen LogP contribution >= 0.6 is 11.6 Å². The Labute approximate surface area is 146 Å². The molecule has 0 bridgehead atoms. The van der Waals surface area contributed by atoms with E-state index in [0.29, 0.717) is 34.0 Å². The van der Waals surface area contributed by atoms with Crippen LogP contribution in [0.4, 0.5) is 0 Å². The second-order valence-corrected chi connectivity index (χ2v) is 6.10.